The van der Waals surface area contributed by atoms with Crippen molar-refractivity contribution in [3.8, 4) is 0 Å². The molecule has 9 heteroatoms. The molecule has 2 aromatic carbocycles. The Balaban J connectivity index is 1.91. The van der Waals surface area contributed by atoms with E-state index in [0.29, 0.717) is 10.7 Å². The lowest BCUT2D eigenvalue weighted by Gasteiger charge is -2.08. The highest BCUT2D eigenvalue weighted by Crippen LogP contribution is 2.15. The molecule has 0 heterocycles. The van der Waals surface area contributed by atoms with Crippen molar-refractivity contribution in [3.05, 3.63) is 59.1 Å². The summed E-state index contributed by atoms with van der Waals surface area (Å²) < 4.78 is 24.3. The molecule has 0 saturated heterocycles. The zero-order valence-corrected chi connectivity index (χ0v) is 14.6. The Morgan fingerprint density at radius 1 is 1.00 bits per heavy atom. The van der Waals surface area contributed by atoms with E-state index in [1.807, 2.05) is 0 Å². The van der Waals surface area contributed by atoms with E-state index in [-0.39, 0.29) is 11.4 Å². The zero-order chi connectivity index (χ0) is 18.4. The minimum absolute atomic E-state index is 0.0360. The second-order valence-corrected chi connectivity index (χ2v) is 7.60. The van der Waals surface area contributed by atoms with E-state index in [9.17, 15) is 18.0 Å². The number of sulfone groups is 1. The highest BCUT2D eigenvalue weighted by atomic mass is 35.5. The van der Waals surface area contributed by atoms with Gasteiger partial charge in [0.15, 0.2) is 9.84 Å². The van der Waals surface area contributed by atoms with Gasteiger partial charge in [0.1, 0.15) is 5.75 Å². The standard InChI is InChI=1S/C16H16ClN3O4S/c17-12-3-7-14(8-4-12)25(23,24)10-15(21)19-9-11-1-5-13(6-2-11)20-16(18)22/h1-8H,9-10H2,(H,19,21)(H3,18,20,22). The molecule has 0 aromatic heterocycles. The van der Waals surface area contributed by atoms with E-state index in [1.54, 1.807) is 24.3 Å². The number of anilines is 1. The van der Waals surface area contributed by atoms with Crippen molar-refractivity contribution in [1.82, 2.24) is 5.32 Å². The van der Waals surface area contributed by atoms with Crippen LogP contribution in [0.15, 0.2) is 53.4 Å². The first kappa shape index (κ1) is 18.8. The molecule has 0 aliphatic carbocycles. The number of primary amides is 1. The summed E-state index contributed by atoms with van der Waals surface area (Å²) in [6, 6.07) is 11.5. The van der Waals surface area contributed by atoms with Gasteiger partial charge in [-0.3, -0.25) is 4.79 Å². The molecule has 0 bridgehead atoms. The topological polar surface area (TPSA) is 118 Å². The predicted molar refractivity (Wildman–Crippen MR) is 95.0 cm³/mol. The van der Waals surface area contributed by atoms with Crippen LogP contribution in [0.25, 0.3) is 0 Å². The summed E-state index contributed by atoms with van der Waals surface area (Å²) in [6.07, 6.45) is 0. The fourth-order valence-electron chi connectivity index (χ4n) is 2.00. The molecule has 0 aliphatic rings. The summed E-state index contributed by atoms with van der Waals surface area (Å²) in [4.78, 5) is 22.7. The van der Waals surface area contributed by atoms with Crippen molar-refractivity contribution >= 4 is 39.1 Å². The maximum Gasteiger partial charge on any atom is 0.316 e. The average molecular weight is 382 g/mol. The third-order valence-corrected chi connectivity index (χ3v) is 5.09. The third-order valence-electron chi connectivity index (χ3n) is 3.21. The lowest BCUT2D eigenvalue weighted by molar-refractivity contribution is -0.118. The molecule has 0 spiro atoms. The molecule has 0 aliphatic heterocycles. The van der Waals surface area contributed by atoms with Crippen molar-refractivity contribution in [1.29, 1.82) is 0 Å². The normalized spacial score (nSPS) is 10.9. The molecule has 2 aromatic rings. The monoisotopic (exact) mass is 381 g/mol. The van der Waals surface area contributed by atoms with Gasteiger partial charge in [-0.05, 0) is 42.0 Å². The number of urea groups is 1. The van der Waals surface area contributed by atoms with Crippen LogP contribution in [0.4, 0.5) is 10.5 Å². The molecular weight excluding hydrogens is 366 g/mol. The van der Waals surface area contributed by atoms with Crippen molar-refractivity contribution < 1.29 is 18.0 Å². The quantitative estimate of drug-likeness (QED) is 0.708. The van der Waals surface area contributed by atoms with E-state index in [0.717, 1.165) is 5.56 Å². The molecule has 4 N–H and O–H groups in total. The SMILES string of the molecule is NC(=O)Nc1ccc(CNC(=O)CS(=O)(=O)c2ccc(Cl)cc2)cc1. The van der Waals surface area contributed by atoms with Gasteiger partial charge >= 0.3 is 6.03 Å². The van der Waals surface area contributed by atoms with Gasteiger partial charge in [-0.2, -0.15) is 0 Å². The van der Waals surface area contributed by atoms with Crippen LogP contribution in [-0.2, 0) is 21.2 Å². The molecule has 3 amide bonds. The second-order valence-electron chi connectivity index (χ2n) is 5.18. The Morgan fingerprint density at radius 2 is 1.60 bits per heavy atom. The van der Waals surface area contributed by atoms with Gasteiger partial charge < -0.3 is 16.4 Å². The number of rotatable bonds is 6. The van der Waals surface area contributed by atoms with Crippen LogP contribution in [0.5, 0.6) is 0 Å². The van der Waals surface area contributed by atoms with E-state index >= 15 is 0 Å². The number of nitrogens with two attached hydrogens (primary N) is 1. The van der Waals surface area contributed by atoms with Gasteiger partial charge in [-0.1, -0.05) is 23.7 Å². The predicted octanol–water partition coefficient (Wildman–Crippen LogP) is 1.92. The maximum atomic E-state index is 12.2. The second kappa shape index (κ2) is 8.00. The molecule has 7 nitrogen and oxygen atoms in total. The van der Waals surface area contributed by atoms with Crippen molar-refractivity contribution in [2.45, 2.75) is 11.4 Å². The van der Waals surface area contributed by atoms with Gasteiger partial charge in [0.2, 0.25) is 5.91 Å². The van der Waals surface area contributed by atoms with Crippen LogP contribution in [0.1, 0.15) is 5.56 Å². The Bertz CT molecular complexity index is 865. The first-order valence-corrected chi connectivity index (χ1v) is 9.20. The van der Waals surface area contributed by atoms with Crippen LogP contribution < -0.4 is 16.4 Å². The minimum atomic E-state index is -3.73. The van der Waals surface area contributed by atoms with Crippen molar-refractivity contribution in [2.75, 3.05) is 11.1 Å². The Hall–Kier alpha value is -2.58. The van der Waals surface area contributed by atoms with E-state index in [1.165, 1.54) is 24.3 Å². The Kier molecular flexibility index (Phi) is 6.00. The summed E-state index contributed by atoms with van der Waals surface area (Å²) in [5.41, 5.74) is 6.27. The zero-order valence-electron chi connectivity index (χ0n) is 13.0. The summed E-state index contributed by atoms with van der Waals surface area (Å²) in [7, 11) is -3.73. The smallest absolute Gasteiger partial charge is 0.316 e. The molecule has 25 heavy (non-hydrogen) atoms. The number of carbonyl (C=O) groups is 2. The van der Waals surface area contributed by atoms with E-state index in [4.69, 9.17) is 17.3 Å². The Labute approximate surface area is 150 Å². The van der Waals surface area contributed by atoms with Crippen LogP contribution in [0, 0.1) is 0 Å². The molecule has 0 fully saturated rings. The Morgan fingerprint density at radius 3 is 2.16 bits per heavy atom. The highest BCUT2D eigenvalue weighted by molar-refractivity contribution is 7.92. The average Bonchev–Trinajstić information content (AvgIpc) is 2.53. The summed E-state index contributed by atoms with van der Waals surface area (Å²) in [5, 5.41) is 5.37. The fourth-order valence-corrected chi connectivity index (χ4v) is 3.29. The van der Waals surface area contributed by atoms with Gasteiger partial charge in [0.05, 0.1) is 4.90 Å². The van der Waals surface area contributed by atoms with Gasteiger partial charge in [0, 0.05) is 17.3 Å². The molecule has 2 rings (SSSR count). The number of hydrogen-bond donors (Lipinski definition) is 3. The highest BCUT2D eigenvalue weighted by Gasteiger charge is 2.19. The number of hydrogen-bond acceptors (Lipinski definition) is 4. The number of benzene rings is 2. The van der Waals surface area contributed by atoms with Crippen LogP contribution in [-0.4, -0.2) is 26.1 Å². The van der Waals surface area contributed by atoms with Crippen molar-refractivity contribution in [3.63, 3.8) is 0 Å². The number of carbonyl (C=O) groups excluding carboxylic acids is 2. The molecular formula is C16H16ClN3O4S. The summed E-state index contributed by atoms with van der Waals surface area (Å²) in [6.45, 7) is 0.159. The number of nitrogens with one attached hydrogen (secondary N) is 2. The van der Waals surface area contributed by atoms with Crippen LogP contribution in [0.2, 0.25) is 5.02 Å². The lowest BCUT2D eigenvalue weighted by atomic mass is 10.2. The lowest BCUT2D eigenvalue weighted by Crippen LogP contribution is -2.29. The molecule has 0 radical (unpaired) electrons. The van der Waals surface area contributed by atoms with Crippen molar-refractivity contribution in [2.24, 2.45) is 5.73 Å². The number of halogens is 1. The minimum Gasteiger partial charge on any atom is -0.351 e. The summed E-state index contributed by atoms with van der Waals surface area (Å²) >= 11 is 5.72. The fraction of sp³-hybridized carbons (Fsp3) is 0.125. The molecule has 0 unspecified atom stereocenters. The third kappa shape index (κ3) is 5.77. The summed E-state index contributed by atoms with van der Waals surface area (Å²) in [5.74, 6) is -1.27. The molecule has 132 valence electrons. The number of amides is 3. The van der Waals surface area contributed by atoms with Gasteiger partial charge in [-0.15, -0.1) is 0 Å². The van der Waals surface area contributed by atoms with Crippen LogP contribution in [0.3, 0.4) is 0 Å². The largest absolute Gasteiger partial charge is 0.351 e. The maximum absolute atomic E-state index is 12.2. The van der Waals surface area contributed by atoms with Crippen LogP contribution >= 0.6 is 11.6 Å². The molecule has 0 atom stereocenters. The van der Waals surface area contributed by atoms with Gasteiger partial charge in [0.25, 0.3) is 0 Å². The van der Waals surface area contributed by atoms with Gasteiger partial charge in [-0.25, -0.2) is 13.2 Å². The van der Waals surface area contributed by atoms with E-state index < -0.39 is 27.5 Å². The van der Waals surface area contributed by atoms with E-state index in [2.05, 4.69) is 10.6 Å². The molecule has 0 saturated carbocycles. The first-order chi connectivity index (χ1) is 11.8. The first-order valence-electron chi connectivity index (χ1n) is 7.17.